The fourth-order valence-corrected chi connectivity index (χ4v) is 4.50. The Labute approximate surface area is 177 Å². The van der Waals surface area contributed by atoms with Crippen LogP contribution in [0.15, 0.2) is 63.4 Å². The quantitative estimate of drug-likeness (QED) is 0.351. The molecule has 0 radical (unpaired) electrons. The number of nitrogens with one attached hydrogen (secondary N) is 1. The molecule has 30 heavy (non-hydrogen) atoms. The van der Waals surface area contributed by atoms with Crippen LogP contribution in [-0.4, -0.2) is 20.4 Å². The molecule has 1 N–H and O–H groups in total. The maximum Gasteiger partial charge on any atom is 0.418 e. The van der Waals surface area contributed by atoms with Gasteiger partial charge in [-0.1, -0.05) is 53.4 Å². The third-order valence-corrected chi connectivity index (χ3v) is 5.98. The Morgan fingerprint density at radius 1 is 0.967 bits per heavy atom. The van der Waals surface area contributed by atoms with Gasteiger partial charge in [-0.2, -0.15) is 13.2 Å². The van der Waals surface area contributed by atoms with E-state index in [4.69, 9.17) is 4.42 Å². The van der Waals surface area contributed by atoms with Crippen LogP contribution >= 0.6 is 23.1 Å². The number of halogens is 3. The molecule has 1 atom stereocenters. The number of nitrogens with zero attached hydrogens (tertiary/aromatic N) is 4. The first-order chi connectivity index (χ1) is 14.4. The van der Waals surface area contributed by atoms with Crippen molar-refractivity contribution in [2.45, 2.75) is 22.7 Å². The number of anilines is 2. The highest BCUT2D eigenvalue weighted by atomic mass is 32.2. The van der Waals surface area contributed by atoms with Gasteiger partial charge in [-0.05, 0) is 31.2 Å². The largest absolute Gasteiger partial charge is 0.419 e. The van der Waals surface area contributed by atoms with Crippen molar-refractivity contribution >= 4 is 33.9 Å². The minimum Gasteiger partial charge on any atom is -0.419 e. The van der Waals surface area contributed by atoms with Crippen LogP contribution in [0.3, 0.4) is 0 Å². The molecule has 6 nitrogen and oxygen atoms in total. The second kappa shape index (κ2) is 8.44. The fourth-order valence-electron chi connectivity index (χ4n) is 2.56. The lowest BCUT2D eigenvalue weighted by Crippen LogP contribution is -2.08. The molecule has 0 saturated heterocycles. The molecule has 4 rings (SSSR count). The molecule has 0 unspecified atom stereocenters. The summed E-state index contributed by atoms with van der Waals surface area (Å²) >= 11 is 2.48. The molecule has 2 heterocycles. The normalized spacial score (nSPS) is 12.7. The summed E-state index contributed by atoms with van der Waals surface area (Å²) < 4.78 is 45.7. The molecule has 0 bridgehead atoms. The summed E-state index contributed by atoms with van der Waals surface area (Å²) in [6.07, 6.45) is -4.46. The number of hydrogen-bond acceptors (Lipinski definition) is 8. The van der Waals surface area contributed by atoms with Crippen molar-refractivity contribution in [3.05, 3.63) is 66.1 Å². The van der Waals surface area contributed by atoms with Crippen molar-refractivity contribution in [1.82, 2.24) is 20.4 Å². The zero-order chi connectivity index (χ0) is 21.1. The average molecular weight is 449 g/mol. The van der Waals surface area contributed by atoms with Crippen LogP contribution in [0.25, 0.3) is 11.5 Å². The minimum atomic E-state index is -4.46. The highest BCUT2D eigenvalue weighted by molar-refractivity contribution is 8.01. The van der Waals surface area contributed by atoms with E-state index in [1.54, 1.807) is 0 Å². The maximum atomic E-state index is 13.1. The molecule has 154 valence electrons. The highest BCUT2D eigenvalue weighted by Gasteiger charge is 2.33. The Morgan fingerprint density at radius 2 is 1.70 bits per heavy atom. The minimum absolute atomic E-state index is 0.0739. The summed E-state index contributed by atoms with van der Waals surface area (Å²) in [4.78, 5) is 0. The zero-order valence-corrected chi connectivity index (χ0v) is 17.1. The number of alkyl halides is 3. The van der Waals surface area contributed by atoms with Crippen molar-refractivity contribution in [1.29, 1.82) is 0 Å². The average Bonchev–Trinajstić information content (AvgIpc) is 3.38. The standard InChI is InChI=1S/C19H14F3N5OS2/c1-11(15-24-25-16(28-15)12-7-3-2-4-8-12)29-18-27-26-17(30-18)23-14-10-6-5-9-13(14)19(20,21)22/h2-11H,1H3,(H,23,26)/t11-/m0/s1. The van der Waals surface area contributed by atoms with Crippen molar-refractivity contribution in [2.24, 2.45) is 0 Å². The van der Waals surface area contributed by atoms with Gasteiger partial charge in [0.1, 0.15) is 0 Å². The first kappa shape index (κ1) is 20.4. The molecule has 0 aliphatic heterocycles. The van der Waals surface area contributed by atoms with E-state index in [9.17, 15) is 13.2 Å². The summed E-state index contributed by atoms with van der Waals surface area (Å²) in [6.45, 7) is 1.88. The van der Waals surface area contributed by atoms with Crippen LogP contribution in [0, 0.1) is 0 Å². The fraction of sp³-hybridized carbons (Fsp3) is 0.158. The third kappa shape index (κ3) is 4.62. The van der Waals surface area contributed by atoms with Crippen LogP contribution in [0.2, 0.25) is 0 Å². The SMILES string of the molecule is C[C@H](Sc1nnc(Nc2ccccc2C(F)(F)F)s1)c1nnc(-c2ccccc2)o1. The van der Waals surface area contributed by atoms with Gasteiger partial charge in [0.15, 0.2) is 4.34 Å². The first-order valence-electron chi connectivity index (χ1n) is 8.72. The molecular weight excluding hydrogens is 435 g/mol. The van der Waals surface area contributed by atoms with E-state index in [0.717, 1.165) is 23.0 Å². The summed E-state index contributed by atoms with van der Waals surface area (Å²) in [6, 6.07) is 14.6. The molecule has 2 aromatic carbocycles. The second-order valence-electron chi connectivity index (χ2n) is 6.11. The lowest BCUT2D eigenvalue weighted by atomic mass is 10.2. The number of aromatic nitrogens is 4. The second-order valence-corrected chi connectivity index (χ2v) is 8.68. The molecule has 0 saturated carbocycles. The van der Waals surface area contributed by atoms with Crippen LogP contribution in [0.1, 0.15) is 23.6 Å². The monoisotopic (exact) mass is 449 g/mol. The molecule has 0 spiro atoms. The number of rotatable bonds is 6. The predicted octanol–water partition coefficient (Wildman–Crippen LogP) is 6.20. The van der Waals surface area contributed by atoms with E-state index in [2.05, 4.69) is 25.7 Å². The van der Waals surface area contributed by atoms with Crippen molar-refractivity contribution in [3.8, 4) is 11.5 Å². The molecule has 0 amide bonds. The van der Waals surface area contributed by atoms with E-state index in [1.165, 1.54) is 30.0 Å². The van der Waals surface area contributed by atoms with E-state index < -0.39 is 11.7 Å². The third-order valence-electron chi connectivity index (χ3n) is 3.97. The Balaban J connectivity index is 1.45. The van der Waals surface area contributed by atoms with Crippen LogP contribution in [-0.2, 0) is 6.18 Å². The molecule has 0 aliphatic rings. The van der Waals surface area contributed by atoms with Gasteiger partial charge < -0.3 is 9.73 Å². The Kier molecular flexibility index (Phi) is 5.73. The predicted molar refractivity (Wildman–Crippen MR) is 109 cm³/mol. The molecule has 4 aromatic rings. The molecule has 11 heteroatoms. The van der Waals surface area contributed by atoms with Gasteiger partial charge in [-0.25, -0.2) is 0 Å². The Morgan fingerprint density at radius 3 is 2.47 bits per heavy atom. The topological polar surface area (TPSA) is 76.7 Å². The first-order valence-corrected chi connectivity index (χ1v) is 10.4. The van der Waals surface area contributed by atoms with Crippen LogP contribution < -0.4 is 5.32 Å². The lowest BCUT2D eigenvalue weighted by molar-refractivity contribution is -0.136. The molecule has 0 fully saturated rings. The van der Waals surface area contributed by atoms with Gasteiger partial charge in [0.25, 0.3) is 0 Å². The zero-order valence-electron chi connectivity index (χ0n) is 15.4. The van der Waals surface area contributed by atoms with Gasteiger partial charge in [0.2, 0.25) is 16.9 Å². The van der Waals surface area contributed by atoms with Gasteiger partial charge >= 0.3 is 6.18 Å². The van der Waals surface area contributed by atoms with E-state index in [1.807, 2.05) is 37.3 Å². The van der Waals surface area contributed by atoms with Crippen molar-refractivity contribution in [2.75, 3.05) is 5.32 Å². The highest BCUT2D eigenvalue weighted by Crippen LogP contribution is 2.40. The summed E-state index contributed by atoms with van der Waals surface area (Å²) in [5.74, 6) is 0.840. The van der Waals surface area contributed by atoms with Gasteiger partial charge in [0.05, 0.1) is 16.5 Å². The summed E-state index contributed by atoms with van der Waals surface area (Å²) in [5.41, 5.74) is -0.0172. The molecular formula is C19H14F3N5OS2. The van der Waals surface area contributed by atoms with Crippen molar-refractivity contribution < 1.29 is 17.6 Å². The number of benzene rings is 2. The van der Waals surface area contributed by atoms with Crippen LogP contribution in [0.5, 0.6) is 0 Å². The van der Waals surface area contributed by atoms with E-state index >= 15 is 0 Å². The molecule has 0 aliphatic carbocycles. The Hall–Kier alpha value is -2.92. The maximum absolute atomic E-state index is 13.1. The lowest BCUT2D eigenvalue weighted by Gasteiger charge is -2.12. The van der Waals surface area contributed by atoms with E-state index in [0.29, 0.717) is 16.1 Å². The summed E-state index contributed by atoms with van der Waals surface area (Å²) in [5, 5.41) is 18.9. The number of para-hydroxylation sites is 1. The van der Waals surface area contributed by atoms with E-state index in [-0.39, 0.29) is 16.1 Å². The van der Waals surface area contributed by atoms with Crippen LogP contribution in [0.4, 0.5) is 24.0 Å². The van der Waals surface area contributed by atoms with Gasteiger partial charge in [-0.15, -0.1) is 20.4 Å². The smallest absolute Gasteiger partial charge is 0.418 e. The van der Waals surface area contributed by atoms with Gasteiger partial charge in [-0.3, -0.25) is 0 Å². The summed E-state index contributed by atoms with van der Waals surface area (Å²) in [7, 11) is 0. The van der Waals surface area contributed by atoms with Gasteiger partial charge in [0, 0.05) is 5.56 Å². The number of hydrogen-bond donors (Lipinski definition) is 1. The molecule has 2 aromatic heterocycles. The Bertz CT molecular complexity index is 1130. The number of thioether (sulfide) groups is 1. The van der Waals surface area contributed by atoms with Crippen molar-refractivity contribution in [3.63, 3.8) is 0 Å².